The van der Waals surface area contributed by atoms with Gasteiger partial charge in [-0.1, -0.05) is 25.4 Å². The van der Waals surface area contributed by atoms with Gasteiger partial charge in [-0.05, 0) is 30.5 Å². The number of nitrogens with two attached hydrogens (primary N) is 1. The zero-order valence-corrected chi connectivity index (χ0v) is 11.4. The van der Waals surface area contributed by atoms with Crippen LogP contribution in [0.3, 0.4) is 0 Å². The van der Waals surface area contributed by atoms with Gasteiger partial charge in [0.15, 0.2) is 0 Å². The van der Waals surface area contributed by atoms with Crippen LogP contribution in [0, 0.1) is 11.8 Å². The summed E-state index contributed by atoms with van der Waals surface area (Å²) in [5.74, 6) is 1.78. The lowest BCUT2D eigenvalue weighted by Gasteiger charge is -2.20. The standard InChI is InChI=1S/C13H21ClN2O/c1-9(2)10(7-15)8-16-13-5-4-11(17-3)6-12(13)14/h4-6,9-10,16H,7-8,15H2,1-3H3. The molecule has 0 fully saturated rings. The summed E-state index contributed by atoms with van der Waals surface area (Å²) < 4.78 is 5.10. The van der Waals surface area contributed by atoms with Gasteiger partial charge in [0, 0.05) is 12.6 Å². The monoisotopic (exact) mass is 256 g/mol. The second kappa shape index (κ2) is 6.72. The van der Waals surface area contributed by atoms with Crippen molar-refractivity contribution in [1.82, 2.24) is 0 Å². The van der Waals surface area contributed by atoms with Crippen molar-refractivity contribution >= 4 is 17.3 Å². The van der Waals surface area contributed by atoms with Crippen LogP contribution >= 0.6 is 11.6 Å². The van der Waals surface area contributed by atoms with Crippen LogP contribution in [0.4, 0.5) is 5.69 Å². The molecule has 96 valence electrons. The van der Waals surface area contributed by atoms with E-state index in [-0.39, 0.29) is 0 Å². The third kappa shape index (κ3) is 4.10. The Morgan fingerprint density at radius 3 is 2.59 bits per heavy atom. The van der Waals surface area contributed by atoms with Crippen LogP contribution in [-0.4, -0.2) is 20.2 Å². The van der Waals surface area contributed by atoms with Gasteiger partial charge >= 0.3 is 0 Å². The molecular weight excluding hydrogens is 236 g/mol. The molecule has 0 bridgehead atoms. The second-order valence-electron chi connectivity index (χ2n) is 4.47. The number of benzene rings is 1. The molecule has 0 aliphatic carbocycles. The summed E-state index contributed by atoms with van der Waals surface area (Å²) in [7, 11) is 1.63. The normalized spacial score (nSPS) is 12.6. The predicted molar refractivity (Wildman–Crippen MR) is 73.9 cm³/mol. The van der Waals surface area contributed by atoms with Gasteiger partial charge in [0.05, 0.1) is 17.8 Å². The molecule has 0 aliphatic heterocycles. The molecule has 0 saturated heterocycles. The van der Waals surface area contributed by atoms with E-state index in [0.717, 1.165) is 18.0 Å². The molecule has 1 aromatic rings. The maximum atomic E-state index is 6.14. The summed E-state index contributed by atoms with van der Waals surface area (Å²) in [5.41, 5.74) is 6.65. The highest BCUT2D eigenvalue weighted by atomic mass is 35.5. The molecular formula is C13H21ClN2O. The molecule has 1 rings (SSSR count). The van der Waals surface area contributed by atoms with E-state index in [9.17, 15) is 0 Å². The van der Waals surface area contributed by atoms with Gasteiger partial charge in [-0.15, -0.1) is 0 Å². The first-order valence-electron chi connectivity index (χ1n) is 5.86. The molecule has 4 heteroatoms. The van der Waals surface area contributed by atoms with Crippen molar-refractivity contribution in [2.45, 2.75) is 13.8 Å². The first-order valence-corrected chi connectivity index (χ1v) is 6.23. The van der Waals surface area contributed by atoms with Crippen LogP contribution in [0.2, 0.25) is 5.02 Å². The Hall–Kier alpha value is -0.930. The van der Waals surface area contributed by atoms with E-state index in [4.69, 9.17) is 22.1 Å². The van der Waals surface area contributed by atoms with Gasteiger partial charge in [0.1, 0.15) is 5.75 Å². The smallest absolute Gasteiger partial charge is 0.120 e. The molecule has 0 aromatic heterocycles. The number of hydrogen-bond acceptors (Lipinski definition) is 3. The van der Waals surface area contributed by atoms with Crippen LogP contribution in [0.25, 0.3) is 0 Å². The zero-order valence-electron chi connectivity index (χ0n) is 10.7. The Kier molecular flexibility index (Phi) is 5.59. The van der Waals surface area contributed by atoms with Crippen LogP contribution in [0.1, 0.15) is 13.8 Å². The number of anilines is 1. The summed E-state index contributed by atoms with van der Waals surface area (Å²) in [6, 6.07) is 5.62. The highest BCUT2D eigenvalue weighted by Crippen LogP contribution is 2.27. The molecule has 0 heterocycles. The Bertz CT molecular complexity index is 355. The first-order chi connectivity index (χ1) is 8.08. The van der Waals surface area contributed by atoms with Gasteiger partial charge in [-0.25, -0.2) is 0 Å². The summed E-state index contributed by atoms with van der Waals surface area (Å²) in [4.78, 5) is 0. The molecule has 0 spiro atoms. The van der Waals surface area contributed by atoms with E-state index in [1.54, 1.807) is 13.2 Å². The second-order valence-corrected chi connectivity index (χ2v) is 4.87. The Morgan fingerprint density at radius 2 is 2.12 bits per heavy atom. The summed E-state index contributed by atoms with van der Waals surface area (Å²) >= 11 is 6.14. The zero-order chi connectivity index (χ0) is 12.8. The van der Waals surface area contributed by atoms with E-state index in [0.29, 0.717) is 23.4 Å². The Balaban J connectivity index is 2.63. The number of halogens is 1. The molecule has 0 amide bonds. The van der Waals surface area contributed by atoms with Crippen molar-refractivity contribution in [3.05, 3.63) is 23.2 Å². The largest absolute Gasteiger partial charge is 0.497 e. The van der Waals surface area contributed by atoms with Gasteiger partial charge in [-0.3, -0.25) is 0 Å². The number of hydrogen-bond donors (Lipinski definition) is 2. The highest BCUT2D eigenvalue weighted by molar-refractivity contribution is 6.33. The van der Waals surface area contributed by atoms with E-state index in [2.05, 4.69) is 19.2 Å². The minimum absolute atomic E-state index is 0.452. The quantitative estimate of drug-likeness (QED) is 0.823. The predicted octanol–water partition coefficient (Wildman–Crippen LogP) is 2.99. The molecule has 3 nitrogen and oxygen atoms in total. The van der Waals surface area contributed by atoms with Crippen LogP contribution < -0.4 is 15.8 Å². The lowest BCUT2D eigenvalue weighted by atomic mass is 9.96. The number of rotatable bonds is 6. The van der Waals surface area contributed by atoms with E-state index in [1.807, 2.05) is 12.1 Å². The van der Waals surface area contributed by atoms with Crippen molar-refractivity contribution in [3.63, 3.8) is 0 Å². The fourth-order valence-corrected chi connectivity index (χ4v) is 1.84. The van der Waals surface area contributed by atoms with E-state index in [1.165, 1.54) is 0 Å². The van der Waals surface area contributed by atoms with Crippen LogP contribution in [0.15, 0.2) is 18.2 Å². The van der Waals surface area contributed by atoms with Crippen molar-refractivity contribution in [2.24, 2.45) is 17.6 Å². The summed E-state index contributed by atoms with van der Waals surface area (Å²) in [6.45, 7) is 5.86. The van der Waals surface area contributed by atoms with Crippen molar-refractivity contribution < 1.29 is 4.74 Å². The average molecular weight is 257 g/mol. The maximum absolute atomic E-state index is 6.14. The molecule has 1 atom stereocenters. The fraction of sp³-hybridized carbons (Fsp3) is 0.538. The lowest BCUT2D eigenvalue weighted by Crippen LogP contribution is -2.27. The van der Waals surface area contributed by atoms with Gasteiger partial charge in [-0.2, -0.15) is 0 Å². The Labute approximate surface area is 108 Å². The van der Waals surface area contributed by atoms with E-state index >= 15 is 0 Å². The number of methoxy groups -OCH3 is 1. The molecule has 1 unspecified atom stereocenters. The number of nitrogens with one attached hydrogen (secondary N) is 1. The van der Waals surface area contributed by atoms with Gasteiger partial charge in [0.25, 0.3) is 0 Å². The van der Waals surface area contributed by atoms with Crippen LogP contribution in [-0.2, 0) is 0 Å². The minimum atomic E-state index is 0.452. The SMILES string of the molecule is COc1ccc(NCC(CN)C(C)C)c(Cl)c1. The molecule has 0 aliphatic rings. The molecule has 3 N–H and O–H groups in total. The summed E-state index contributed by atoms with van der Waals surface area (Å²) in [5, 5.41) is 4.00. The third-order valence-electron chi connectivity index (χ3n) is 2.98. The first kappa shape index (κ1) is 14.1. The highest BCUT2D eigenvalue weighted by Gasteiger charge is 2.11. The van der Waals surface area contributed by atoms with Gasteiger partial charge < -0.3 is 15.8 Å². The topological polar surface area (TPSA) is 47.3 Å². The maximum Gasteiger partial charge on any atom is 0.120 e. The minimum Gasteiger partial charge on any atom is -0.497 e. The third-order valence-corrected chi connectivity index (χ3v) is 3.29. The van der Waals surface area contributed by atoms with Crippen molar-refractivity contribution in [3.8, 4) is 5.75 Å². The average Bonchev–Trinajstić information content (AvgIpc) is 2.31. The molecule has 0 saturated carbocycles. The van der Waals surface area contributed by atoms with Crippen molar-refractivity contribution in [1.29, 1.82) is 0 Å². The van der Waals surface area contributed by atoms with E-state index < -0.39 is 0 Å². The van der Waals surface area contributed by atoms with Crippen LogP contribution in [0.5, 0.6) is 5.75 Å². The van der Waals surface area contributed by atoms with Crippen molar-refractivity contribution in [2.75, 3.05) is 25.5 Å². The molecule has 0 radical (unpaired) electrons. The Morgan fingerprint density at radius 1 is 1.41 bits per heavy atom. The molecule has 17 heavy (non-hydrogen) atoms. The number of ether oxygens (including phenoxy) is 1. The molecule has 1 aromatic carbocycles. The summed E-state index contributed by atoms with van der Waals surface area (Å²) in [6.07, 6.45) is 0. The lowest BCUT2D eigenvalue weighted by molar-refractivity contribution is 0.412. The van der Waals surface area contributed by atoms with Gasteiger partial charge in [0.2, 0.25) is 0 Å². The fourth-order valence-electron chi connectivity index (χ4n) is 1.60.